The SMILES string of the molecule is CC.NN1CCN(CC2COC2)CC1. The summed E-state index contributed by atoms with van der Waals surface area (Å²) in [5, 5.41) is 1.90. The predicted molar refractivity (Wildman–Crippen MR) is 57.9 cm³/mol. The summed E-state index contributed by atoms with van der Waals surface area (Å²) in [4.78, 5) is 2.48. The van der Waals surface area contributed by atoms with Crippen LogP contribution < -0.4 is 5.84 Å². The molecule has 4 nitrogen and oxygen atoms in total. The van der Waals surface area contributed by atoms with E-state index in [1.807, 2.05) is 18.9 Å². The largest absolute Gasteiger partial charge is 0.381 e. The fraction of sp³-hybridized carbons (Fsp3) is 1.00. The molecule has 14 heavy (non-hydrogen) atoms. The Balaban J connectivity index is 0.000000461. The number of hydrogen-bond donors (Lipinski definition) is 1. The second-order valence-electron chi connectivity index (χ2n) is 3.74. The van der Waals surface area contributed by atoms with Crippen LogP contribution in [-0.4, -0.2) is 55.8 Å². The molecule has 2 N–H and O–H groups in total. The molecule has 0 saturated carbocycles. The summed E-state index contributed by atoms with van der Waals surface area (Å²) in [6, 6.07) is 0. The number of hydrogen-bond acceptors (Lipinski definition) is 4. The molecule has 0 aromatic carbocycles. The summed E-state index contributed by atoms with van der Waals surface area (Å²) in [7, 11) is 0. The van der Waals surface area contributed by atoms with Crippen LogP contribution in [0.25, 0.3) is 0 Å². The molecular formula is C10H23N3O. The van der Waals surface area contributed by atoms with Crippen molar-refractivity contribution in [1.29, 1.82) is 0 Å². The maximum atomic E-state index is 5.66. The van der Waals surface area contributed by atoms with Crippen molar-refractivity contribution in [2.24, 2.45) is 11.8 Å². The molecular weight excluding hydrogens is 178 g/mol. The molecule has 0 unspecified atom stereocenters. The van der Waals surface area contributed by atoms with Crippen molar-refractivity contribution in [1.82, 2.24) is 9.91 Å². The van der Waals surface area contributed by atoms with Gasteiger partial charge in [-0.05, 0) is 0 Å². The molecule has 84 valence electrons. The Hall–Kier alpha value is -0.160. The van der Waals surface area contributed by atoms with Crippen LogP contribution in [0.2, 0.25) is 0 Å². The minimum Gasteiger partial charge on any atom is -0.381 e. The van der Waals surface area contributed by atoms with E-state index >= 15 is 0 Å². The lowest BCUT2D eigenvalue weighted by molar-refractivity contribution is -0.0511. The molecule has 2 heterocycles. The third-order valence-electron chi connectivity index (χ3n) is 2.63. The van der Waals surface area contributed by atoms with E-state index in [2.05, 4.69) is 4.90 Å². The first-order valence-electron chi connectivity index (χ1n) is 5.64. The Bertz CT molecular complexity index is 142. The van der Waals surface area contributed by atoms with Crippen molar-refractivity contribution in [3.05, 3.63) is 0 Å². The third kappa shape index (κ3) is 3.53. The highest BCUT2D eigenvalue weighted by Crippen LogP contribution is 2.12. The summed E-state index contributed by atoms with van der Waals surface area (Å²) < 4.78 is 5.14. The molecule has 2 fully saturated rings. The van der Waals surface area contributed by atoms with Crippen molar-refractivity contribution in [3.8, 4) is 0 Å². The zero-order valence-corrected chi connectivity index (χ0v) is 9.41. The Morgan fingerprint density at radius 2 is 1.71 bits per heavy atom. The summed E-state index contributed by atoms with van der Waals surface area (Å²) in [5.41, 5.74) is 0. The average Bonchev–Trinajstić information content (AvgIpc) is 2.17. The molecule has 2 aliphatic rings. The van der Waals surface area contributed by atoms with Crippen LogP contribution in [0, 0.1) is 5.92 Å². The second-order valence-corrected chi connectivity index (χ2v) is 3.74. The molecule has 0 aromatic rings. The maximum absolute atomic E-state index is 5.66. The van der Waals surface area contributed by atoms with Crippen LogP contribution in [0.15, 0.2) is 0 Å². The van der Waals surface area contributed by atoms with Gasteiger partial charge in [0.2, 0.25) is 0 Å². The molecule has 2 aliphatic heterocycles. The average molecular weight is 201 g/mol. The molecule has 0 spiro atoms. The lowest BCUT2D eigenvalue weighted by Crippen LogP contribution is -2.52. The van der Waals surface area contributed by atoms with Gasteiger partial charge in [-0.3, -0.25) is 5.84 Å². The van der Waals surface area contributed by atoms with E-state index in [-0.39, 0.29) is 0 Å². The third-order valence-corrected chi connectivity index (χ3v) is 2.63. The second kappa shape index (κ2) is 6.35. The van der Waals surface area contributed by atoms with Crippen LogP contribution in [0.5, 0.6) is 0 Å². The van der Waals surface area contributed by atoms with E-state index in [4.69, 9.17) is 10.6 Å². The van der Waals surface area contributed by atoms with Crippen molar-refractivity contribution in [2.45, 2.75) is 13.8 Å². The maximum Gasteiger partial charge on any atom is 0.0528 e. The molecule has 0 bridgehead atoms. The van der Waals surface area contributed by atoms with Crippen molar-refractivity contribution >= 4 is 0 Å². The van der Waals surface area contributed by atoms with Crippen LogP contribution in [0.3, 0.4) is 0 Å². The standard InChI is InChI=1S/C8H17N3O.C2H6/c9-11-3-1-10(2-4-11)5-8-6-12-7-8;1-2/h8H,1-7,9H2;1-2H3. The van der Waals surface area contributed by atoms with Gasteiger partial charge in [0.15, 0.2) is 0 Å². The van der Waals surface area contributed by atoms with Crippen LogP contribution >= 0.6 is 0 Å². The fourth-order valence-corrected chi connectivity index (χ4v) is 1.70. The van der Waals surface area contributed by atoms with E-state index in [1.165, 1.54) is 6.54 Å². The monoisotopic (exact) mass is 201 g/mol. The summed E-state index contributed by atoms with van der Waals surface area (Å²) in [5.74, 6) is 6.44. The highest BCUT2D eigenvalue weighted by Gasteiger charge is 2.23. The van der Waals surface area contributed by atoms with Gasteiger partial charge in [0.05, 0.1) is 13.2 Å². The zero-order valence-electron chi connectivity index (χ0n) is 9.41. The Morgan fingerprint density at radius 3 is 2.14 bits per heavy atom. The number of ether oxygens (including phenoxy) is 1. The number of piperazine rings is 1. The summed E-state index contributed by atoms with van der Waals surface area (Å²) in [6.45, 7) is 11.4. The first kappa shape index (κ1) is 11.9. The predicted octanol–water partition coefficient (Wildman–Crippen LogP) is 0.150. The number of rotatable bonds is 2. The van der Waals surface area contributed by atoms with Gasteiger partial charge in [-0.1, -0.05) is 13.8 Å². The van der Waals surface area contributed by atoms with E-state index in [9.17, 15) is 0 Å². The molecule has 0 radical (unpaired) electrons. The molecule has 2 saturated heterocycles. The quantitative estimate of drug-likeness (QED) is 0.646. The Labute approximate surface area is 87.0 Å². The van der Waals surface area contributed by atoms with Gasteiger partial charge in [0, 0.05) is 38.6 Å². The van der Waals surface area contributed by atoms with E-state index < -0.39 is 0 Å². The van der Waals surface area contributed by atoms with Gasteiger partial charge in [0.25, 0.3) is 0 Å². The lowest BCUT2D eigenvalue weighted by Gasteiger charge is -2.36. The fourth-order valence-electron chi connectivity index (χ4n) is 1.70. The van der Waals surface area contributed by atoms with E-state index in [0.29, 0.717) is 0 Å². The normalized spacial score (nSPS) is 25.1. The van der Waals surface area contributed by atoms with Crippen LogP contribution in [0.4, 0.5) is 0 Å². The molecule has 0 amide bonds. The van der Waals surface area contributed by atoms with Gasteiger partial charge in [-0.25, -0.2) is 5.01 Å². The van der Waals surface area contributed by atoms with E-state index in [0.717, 1.165) is 45.3 Å². The first-order chi connectivity index (χ1) is 6.84. The summed E-state index contributed by atoms with van der Waals surface area (Å²) in [6.07, 6.45) is 0. The summed E-state index contributed by atoms with van der Waals surface area (Å²) >= 11 is 0. The van der Waals surface area contributed by atoms with Gasteiger partial charge in [-0.2, -0.15) is 0 Å². The van der Waals surface area contributed by atoms with Gasteiger partial charge in [-0.15, -0.1) is 0 Å². The minimum atomic E-state index is 0.786. The highest BCUT2D eigenvalue weighted by atomic mass is 16.5. The van der Waals surface area contributed by atoms with Crippen molar-refractivity contribution in [3.63, 3.8) is 0 Å². The molecule has 2 rings (SSSR count). The Morgan fingerprint density at radius 1 is 1.14 bits per heavy atom. The van der Waals surface area contributed by atoms with Gasteiger partial charge < -0.3 is 9.64 Å². The number of nitrogens with two attached hydrogens (primary N) is 1. The smallest absolute Gasteiger partial charge is 0.0528 e. The molecule has 0 aromatic heterocycles. The Kier molecular flexibility index (Phi) is 5.40. The first-order valence-corrected chi connectivity index (χ1v) is 5.64. The van der Waals surface area contributed by atoms with Crippen molar-refractivity contribution in [2.75, 3.05) is 45.9 Å². The number of nitrogens with zero attached hydrogens (tertiary/aromatic N) is 2. The lowest BCUT2D eigenvalue weighted by atomic mass is 10.1. The van der Waals surface area contributed by atoms with E-state index in [1.54, 1.807) is 0 Å². The van der Waals surface area contributed by atoms with Crippen LogP contribution in [-0.2, 0) is 4.74 Å². The topological polar surface area (TPSA) is 41.7 Å². The van der Waals surface area contributed by atoms with Crippen molar-refractivity contribution < 1.29 is 4.74 Å². The highest BCUT2D eigenvalue weighted by molar-refractivity contribution is 4.74. The molecule has 0 aliphatic carbocycles. The zero-order chi connectivity index (χ0) is 10.4. The molecule has 0 atom stereocenters. The number of hydrazine groups is 1. The van der Waals surface area contributed by atoms with Crippen LogP contribution in [0.1, 0.15) is 13.8 Å². The molecule has 4 heteroatoms. The van der Waals surface area contributed by atoms with Gasteiger partial charge >= 0.3 is 0 Å². The van der Waals surface area contributed by atoms with Gasteiger partial charge in [0.1, 0.15) is 0 Å². The minimum absolute atomic E-state index is 0.786.